The molecule has 0 saturated heterocycles. The third-order valence-corrected chi connectivity index (χ3v) is 3.64. The number of hydrogen-bond acceptors (Lipinski definition) is 1. The molecule has 1 unspecified atom stereocenters. The number of pyridine rings is 1. The van der Waals surface area contributed by atoms with Crippen molar-refractivity contribution in [1.29, 1.82) is 0 Å². The zero-order chi connectivity index (χ0) is 12.7. The highest BCUT2D eigenvalue weighted by Gasteiger charge is 2.34. The van der Waals surface area contributed by atoms with Gasteiger partial charge in [-0.3, -0.25) is 4.99 Å². The molecule has 0 bridgehead atoms. The van der Waals surface area contributed by atoms with Crippen LogP contribution in [0.15, 0.2) is 71.9 Å². The third kappa shape index (κ3) is 1.50. The molecule has 1 aromatic heterocycles. The Balaban J connectivity index is 2.12. The Morgan fingerprint density at radius 3 is 2.68 bits per heavy atom. The normalized spacial score (nSPS) is 19.5. The van der Waals surface area contributed by atoms with Crippen LogP contribution < -0.4 is 9.59 Å². The van der Waals surface area contributed by atoms with E-state index in [1.54, 1.807) is 0 Å². The first-order chi connectivity index (χ1) is 9.45. The number of allylic oxidation sites excluding steroid dienone is 1. The van der Waals surface area contributed by atoms with Crippen LogP contribution in [0.1, 0.15) is 5.56 Å². The molecule has 2 aliphatic rings. The topological polar surface area (TPSA) is 18.3 Å². The number of nitrogens with zero attached hydrogens (tertiary/aromatic N) is 2. The van der Waals surface area contributed by atoms with E-state index >= 15 is 0 Å². The van der Waals surface area contributed by atoms with Crippen LogP contribution in [0.5, 0.6) is 0 Å². The number of fused-ring (bicyclic) bond motifs is 2. The molecule has 2 aromatic rings. The van der Waals surface area contributed by atoms with E-state index in [1.165, 1.54) is 16.6 Å². The summed E-state index contributed by atoms with van der Waals surface area (Å²) in [7, 11) is 0. The first-order valence-electron chi connectivity index (χ1n) is 6.46. The van der Waals surface area contributed by atoms with Crippen molar-refractivity contribution in [3.8, 4) is 0 Å². The zero-order valence-electron chi connectivity index (χ0n) is 10.4. The Labute approximate surface area is 111 Å². The fraction of sp³-hybridized carbons (Fsp3) is 0.0588. The first-order valence-corrected chi connectivity index (χ1v) is 6.46. The second kappa shape index (κ2) is 4.02. The lowest BCUT2D eigenvalue weighted by Gasteiger charge is -2.08. The molecule has 0 radical (unpaired) electrons. The van der Waals surface area contributed by atoms with Gasteiger partial charge in [0.25, 0.3) is 0 Å². The van der Waals surface area contributed by atoms with E-state index in [4.69, 9.17) is 0 Å². The van der Waals surface area contributed by atoms with Crippen molar-refractivity contribution in [2.24, 2.45) is 10.9 Å². The summed E-state index contributed by atoms with van der Waals surface area (Å²) in [5, 5.41) is 1.19. The number of benzene rings is 1. The summed E-state index contributed by atoms with van der Waals surface area (Å²) in [4.78, 5) is 4.57. The van der Waals surface area contributed by atoms with E-state index in [-0.39, 0.29) is 5.92 Å². The summed E-state index contributed by atoms with van der Waals surface area (Å²) in [6.07, 6.45) is 8.24. The fourth-order valence-corrected chi connectivity index (χ4v) is 2.84. The summed E-state index contributed by atoms with van der Waals surface area (Å²) in [5.41, 5.74) is 3.68. The lowest BCUT2D eigenvalue weighted by atomic mass is 9.93. The molecular formula is C17H13N2+. The molecule has 2 nitrogen and oxygen atoms in total. The quantitative estimate of drug-likeness (QED) is 0.682. The van der Waals surface area contributed by atoms with Gasteiger partial charge in [-0.15, -0.1) is 0 Å². The molecule has 2 aliphatic heterocycles. The van der Waals surface area contributed by atoms with E-state index < -0.39 is 0 Å². The van der Waals surface area contributed by atoms with Crippen molar-refractivity contribution >= 4 is 11.9 Å². The highest BCUT2D eigenvalue weighted by Crippen LogP contribution is 2.28. The maximum Gasteiger partial charge on any atom is 0.233 e. The van der Waals surface area contributed by atoms with Crippen molar-refractivity contribution in [3.63, 3.8) is 0 Å². The number of rotatable bonds is 1. The lowest BCUT2D eigenvalue weighted by molar-refractivity contribution is -0.533. The minimum absolute atomic E-state index is 0.259. The van der Waals surface area contributed by atoms with Gasteiger partial charge in [-0.2, -0.15) is 4.24 Å². The molecule has 19 heavy (non-hydrogen) atoms. The van der Waals surface area contributed by atoms with Gasteiger partial charge in [-0.1, -0.05) is 24.3 Å². The predicted molar refractivity (Wildman–Crippen MR) is 75.0 cm³/mol. The minimum atomic E-state index is 0.259. The molecule has 4 rings (SSSR count). The van der Waals surface area contributed by atoms with E-state index in [2.05, 4.69) is 70.0 Å². The molecule has 90 valence electrons. The molecule has 0 saturated carbocycles. The van der Waals surface area contributed by atoms with Gasteiger partial charge >= 0.3 is 0 Å². The second-order valence-corrected chi connectivity index (χ2v) is 4.73. The van der Waals surface area contributed by atoms with Crippen LogP contribution in [-0.2, 0) is 0 Å². The minimum Gasteiger partial charge on any atom is -0.253 e. The van der Waals surface area contributed by atoms with Crippen LogP contribution in [0, 0.1) is 11.6 Å². The molecule has 0 spiro atoms. The Morgan fingerprint density at radius 1 is 0.947 bits per heavy atom. The predicted octanol–water partition coefficient (Wildman–Crippen LogP) is 1.78. The molecule has 0 N–H and O–H groups in total. The van der Waals surface area contributed by atoms with Crippen molar-refractivity contribution in [2.75, 3.05) is 0 Å². The zero-order valence-corrected chi connectivity index (χ0v) is 10.4. The Hall–Kier alpha value is -2.48. The molecule has 1 aromatic carbocycles. The van der Waals surface area contributed by atoms with Gasteiger partial charge in [0.15, 0.2) is 6.20 Å². The van der Waals surface area contributed by atoms with Crippen molar-refractivity contribution in [2.45, 2.75) is 0 Å². The summed E-state index contributed by atoms with van der Waals surface area (Å²) in [6, 6.07) is 16.8. The first kappa shape index (κ1) is 10.4. The van der Waals surface area contributed by atoms with Crippen LogP contribution in [0.25, 0.3) is 5.70 Å². The number of aromatic nitrogens is 1. The summed E-state index contributed by atoms with van der Waals surface area (Å²) in [6.45, 7) is 0. The van der Waals surface area contributed by atoms with E-state index in [9.17, 15) is 0 Å². The SMILES string of the molecule is C1=CC2C(=c3cccc[n+]3=C2c2ccccc2)N=C1. The van der Waals surface area contributed by atoms with Gasteiger partial charge in [-0.25, -0.2) is 0 Å². The van der Waals surface area contributed by atoms with Crippen LogP contribution in [0.4, 0.5) is 0 Å². The van der Waals surface area contributed by atoms with Crippen LogP contribution in [-0.4, -0.2) is 6.21 Å². The number of hydrogen-bond donors (Lipinski definition) is 0. The average molecular weight is 245 g/mol. The van der Waals surface area contributed by atoms with Gasteiger partial charge < -0.3 is 0 Å². The van der Waals surface area contributed by atoms with Crippen molar-refractivity contribution < 1.29 is 4.24 Å². The van der Waals surface area contributed by atoms with Gasteiger partial charge in [-0.05, 0) is 24.3 Å². The van der Waals surface area contributed by atoms with E-state index in [1.807, 2.05) is 12.3 Å². The molecule has 3 heterocycles. The van der Waals surface area contributed by atoms with E-state index in [0.717, 1.165) is 5.70 Å². The highest BCUT2D eigenvalue weighted by atomic mass is 14.9. The standard InChI is InChI=1S/C17H13N2/c1-2-7-13(8-3-1)17-14-9-6-11-18-16(14)15-10-4-5-12-19(15)17/h1-12,14H/q+1. The highest BCUT2D eigenvalue weighted by molar-refractivity contribution is 5.80. The van der Waals surface area contributed by atoms with Gasteiger partial charge in [0.05, 0.1) is 0 Å². The van der Waals surface area contributed by atoms with Gasteiger partial charge in [0.2, 0.25) is 11.1 Å². The summed E-state index contributed by atoms with van der Waals surface area (Å²) in [5.74, 6) is 0.259. The monoisotopic (exact) mass is 245 g/mol. The second-order valence-electron chi connectivity index (χ2n) is 4.73. The lowest BCUT2D eigenvalue weighted by Crippen LogP contribution is -2.36. The fourth-order valence-electron chi connectivity index (χ4n) is 2.84. The van der Waals surface area contributed by atoms with Crippen molar-refractivity contribution in [1.82, 2.24) is 0 Å². The van der Waals surface area contributed by atoms with Crippen molar-refractivity contribution in [3.05, 3.63) is 83.5 Å². The largest absolute Gasteiger partial charge is 0.253 e. The molecule has 2 heteroatoms. The smallest absolute Gasteiger partial charge is 0.233 e. The van der Waals surface area contributed by atoms with Gasteiger partial charge in [0.1, 0.15) is 11.6 Å². The Bertz CT molecular complexity index is 814. The number of aliphatic imine (C=N–C) groups is 1. The maximum absolute atomic E-state index is 4.57. The molecule has 1 atom stereocenters. The van der Waals surface area contributed by atoms with E-state index in [0.29, 0.717) is 0 Å². The Kier molecular flexibility index (Phi) is 2.21. The average Bonchev–Trinajstić information content (AvgIpc) is 2.83. The van der Waals surface area contributed by atoms with Crippen LogP contribution in [0.2, 0.25) is 0 Å². The van der Waals surface area contributed by atoms with Gasteiger partial charge in [0, 0.05) is 23.9 Å². The molecule has 0 amide bonds. The summed E-state index contributed by atoms with van der Waals surface area (Å²) >= 11 is 0. The molecule has 0 aliphatic carbocycles. The number of dihydropyridines is 1. The Morgan fingerprint density at radius 2 is 1.79 bits per heavy atom. The third-order valence-electron chi connectivity index (χ3n) is 3.64. The van der Waals surface area contributed by atoms with Crippen LogP contribution in [0.3, 0.4) is 0 Å². The summed E-state index contributed by atoms with van der Waals surface area (Å²) < 4.78 is 2.25. The maximum atomic E-state index is 4.57. The van der Waals surface area contributed by atoms with Crippen LogP contribution >= 0.6 is 0 Å². The molecular weight excluding hydrogens is 232 g/mol. The molecule has 0 fully saturated rings.